The zero-order valence-electron chi connectivity index (χ0n) is 20.1. The van der Waals surface area contributed by atoms with Crippen LogP contribution in [0, 0.1) is 35.1 Å². The van der Waals surface area contributed by atoms with E-state index in [0.29, 0.717) is 17.0 Å². The minimum absolute atomic E-state index is 0.0146. The summed E-state index contributed by atoms with van der Waals surface area (Å²) in [6.07, 6.45) is 10.6. The molecule has 0 saturated heterocycles. The van der Waals surface area contributed by atoms with E-state index in [2.05, 4.69) is 6.92 Å². The van der Waals surface area contributed by atoms with Crippen molar-refractivity contribution in [2.75, 3.05) is 6.61 Å². The number of ether oxygens (including phenoxy) is 1. The summed E-state index contributed by atoms with van der Waals surface area (Å²) in [7, 11) is 0. The Balaban J connectivity index is 1.38. The highest BCUT2D eigenvalue weighted by Crippen LogP contribution is 2.41. The minimum Gasteiger partial charge on any atom is -0.491 e. The van der Waals surface area contributed by atoms with E-state index in [1.807, 2.05) is 12.1 Å². The SMILES string of the molecule is CCOc1ccc(/C=C/C2CCC(c3ccc(C4CCC(C)CC4)c(F)c3F)CC2)c(F)c1F. The molecule has 0 aliphatic heterocycles. The molecular weight excluding hydrogens is 440 g/mol. The van der Waals surface area contributed by atoms with Crippen molar-refractivity contribution in [1.82, 2.24) is 0 Å². The lowest BCUT2D eigenvalue weighted by atomic mass is 9.76. The van der Waals surface area contributed by atoms with Gasteiger partial charge in [-0.3, -0.25) is 0 Å². The van der Waals surface area contributed by atoms with Crippen LogP contribution in [-0.4, -0.2) is 6.61 Å². The molecular formula is C29H34F4O. The zero-order valence-corrected chi connectivity index (χ0v) is 20.1. The average molecular weight is 475 g/mol. The number of benzene rings is 2. The van der Waals surface area contributed by atoms with Crippen molar-refractivity contribution in [2.45, 2.75) is 77.0 Å². The van der Waals surface area contributed by atoms with Gasteiger partial charge in [-0.15, -0.1) is 0 Å². The number of allylic oxidation sites excluding steroid dienone is 1. The highest BCUT2D eigenvalue weighted by atomic mass is 19.2. The van der Waals surface area contributed by atoms with Gasteiger partial charge in [0.1, 0.15) is 0 Å². The molecule has 0 spiro atoms. The number of hydrogen-bond donors (Lipinski definition) is 0. The third kappa shape index (κ3) is 5.34. The fourth-order valence-electron chi connectivity index (χ4n) is 5.59. The van der Waals surface area contributed by atoms with Crippen molar-refractivity contribution in [3.8, 4) is 5.75 Å². The molecule has 2 aliphatic rings. The Morgan fingerprint density at radius 3 is 1.85 bits per heavy atom. The standard InChI is InChI=1S/C29H34F4O/c1-3-34-25-17-14-22(26(30)29(25)33)13-8-19-6-11-21(12-7-19)24-16-15-23(27(31)28(24)32)20-9-4-18(2)5-10-20/h8,13-21H,3-7,9-12H2,1-2H3/b13-8+. The van der Waals surface area contributed by atoms with Crippen LogP contribution >= 0.6 is 0 Å². The summed E-state index contributed by atoms with van der Waals surface area (Å²) in [5.74, 6) is -2.35. The zero-order chi connectivity index (χ0) is 24.2. The van der Waals surface area contributed by atoms with Crippen LogP contribution in [-0.2, 0) is 0 Å². The van der Waals surface area contributed by atoms with Gasteiger partial charge in [-0.05, 0) is 92.4 Å². The molecule has 0 bridgehead atoms. The third-order valence-electron chi connectivity index (χ3n) is 7.73. The Labute approximate surface area is 200 Å². The second kappa shape index (κ2) is 11.0. The van der Waals surface area contributed by atoms with E-state index in [9.17, 15) is 13.2 Å². The minimum atomic E-state index is -0.976. The normalized spacial score (nSPS) is 25.6. The molecule has 1 nitrogen and oxygen atoms in total. The lowest BCUT2D eigenvalue weighted by molar-refractivity contribution is 0.314. The van der Waals surface area contributed by atoms with Crippen molar-refractivity contribution >= 4 is 6.08 Å². The topological polar surface area (TPSA) is 9.23 Å². The van der Waals surface area contributed by atoms with E-state index < -0.39 is 23.3 Å². The molecule has 2 aromatic rings. The molecule has 2 saturated carbocycles. The average Bonchev–Trinajstić information content (AvgIpc) is 2.84. The maximum absolute atomic E-state index is 15.0. The van der Waals surface area contributed by atoms with E-state index in [1.165, 1.54) is 12.1 Å². The molecule has 2 aromatic carbocycles. The Bertz CT molecular complexity index is 1020. The molecule has 4 rings (SSSR count). The van der Waals surface area contributed by atoms with Crippen molar-refractivity contribution < 1.29 is 22.3 Å². The Morgan fingerprint density at radius 1 is 0.735 bits per heavy atom. The van der Waals surface area contributed by atoms with Gasteiger partial charge in [-0.25, -0.2) is 13.2 Å². The van der Waals surface area contributed by atoms with E-state index >= 15 is 4.39 Å². The van der Waals surface area contributed by atoms with Gasteiger partial charge in [-0.1, -0.05) is 44.1 Å². The first-order valence-corrected chi connectivity index (χ1v) is 12.7. The highest BCUT2D eigenvalue weighted by molar-refractivity contribution is 5.52. The summed E-state index contributed by atoms with van der Waals surface area (Å²) in [4.78, 5) is 0. The molecule has 184 valence electrons. The summed E-state index contributed by atoms with van der Waals surface area (Å²) in [6, 6.07) is 6.56. The monoisotopic (exact) mass is 474 g/mol. The summed E-state index contributed by atoms with van der Waals surface area (Å²) >= 11 is 0. The lowest BCUT2D eigenvalue weighted by Crippen LogP contribution is -2.16. The predicted octanol–water partition coefficient (Wildman–Crippen LogP) is 8.92. The number of rotatable bonds is 6. The fourth-order valence-corrected chi connectivity index (χ4v) is 5.59. The van der Waals surface area contributed by atoms with Crippen LogP contribution in [0.5, 0.6) is 5.75 Å². The van der Waals surface area contributed by atoms with Crippen LogP contribution in [0.25, 0.3) is 6.08 Å². The molecule has 0 heterocycles. The Morgan fingerprint density at radius 2 is 1.29 bits per heavy atom. The van der Waals surface area contributed by atoms with E-state index in [4.69, 9.17) is 4.74 Å². The maximum Gasteiger partial charge on any atom is 0.201 e. The number of halogens is 4. The first-order chi connectivity index (χ1) is 16.4. The molecule has 0 radical (unpaired) electrons. The van der Waals surface area contributed by atoms with Gasteiger partial charge >= 0.3 is 0 Å². The van der Waals surface area contributed by atoms with Crippen molar-refractivity contribution in [1.29, 1.82) is 0 Å². The van der Waals surface area contributed by atoms with Crippen LogP contribution in [0.15, 0.2) is 30.3 Å². The van der Waals surface area contributed by atoms with Crippen LogP contribution in [0.2, 0.25) is 0 Å². The van der Waals surface area contributed by atoms with Crippen LogP contribution in [0.3, 0.4) is 0 Å². The molecule has 34 heavy (non-hydrogen) atoms. The second-order valence-corrected chi connectivity index (χ2v) is 10.0. The molecule has 0 amide bonds. The smallest absolute Gasteiger partial charge is 0.201 e. The molecule has 0 unspecified atom stereocenters. The first-order valence-electron chi connectivity index (χ1n) is 12.7. The lowest BCUT2D eigenvalue weighted by Gasteiger charge is -2.29. The first kappa shape index (κ1) is 24.8. The van der Waals surface area contributed by atoms with Crippen LogP contribution < -0.4 is 4.74 Å². The summed E-state index contributed by atoms with van der Waals surface area (Å²) in [5.41, 5.74) is 1.20. The van der Waals surface area contributed by atoms with Crippen LogP contribution in [0.4, 0.5) is 17.6 Å². The third-order valence-corrected chi connectivity index (χ3v) is 7.73. The van der Waals surface area contributed by atoms with E-state index in [-0.39, 0.29) is 35.7 Å². The van der Waals surface area contributed by atoms with E-state index in [1.54, 1.807) is 19.1 Å². The second-order valence-electron chi connectivity index (χ2n) is 10.0. The quantitative estimate of drug-likeness (QED) is 0.380. The molecule has 0 N–H and O–H groups in total. The molecule has 0 atom stereocenters. The molecule has 5 heteroatoms. The van der Waals surface area contributed by atoms with Gasteiger partial charge in [0.25, 0.3) is 0 Å². The highest BCUT2D eigenvalue weighted by Gasteiger charge is 2.28. The maximum atomic E-state index is 15.0. The summed E-state index contributed by atoms with van der Waals surface area (Å²) < 4.78 is 63.5. The van der Waals surface area contributed by atoms with E-state index in [0.717, 1.165) is 51.4 Å². The molecule has 0 aromatic heterocycles. The fraction of sp³-hybridized carbons (Fsp3) is 0.517. The van der Waals surface area contributed by atoms with Gasteiger partial charge in [0, 0.05) is 5.56 Å². The molecule has 2 aliphatic carbocycles. The molecule has 2 fully saturated rings. The Kier molecular flexibility index (Phi) is 8.00. The number of hydrogen-bond acceptors (Lipinski definition) is 1. The van der Waals surface area contributed by atoms with Crippen molar-refractivity contribution in [2.24, 2.45) is 11.8 Å². The van der Waals surface area contributed by atoms with Gasteiger partial charge in [-0.2, -0.15) is 4.39 Å². The van der Waals surface area contributed by atoms with Gasteiger partial charge < -0.3 is 4.74 Å². The van der Waals surface area contributed by atoms with Crippen LogP contribution in [0.1, 0.15) is 93.7 Å². The van der Waals surface area contributed by atoms with Crippen molar-refractivity contribution in [3.63, 3.8) is 0 Å². The van der Waals surface area contributed by atoms with Gasteiger partial charge in [0.15, 0.2) is 23.2 Å². The largest absolute Gasteiger partial charge is 0.491 e. The summed E-state index contributed by atoms with van der Waals surface area (Å²) in [5, 5.41) is 0. The van der Waals surface area contributed by atoms with Gasteiger partial charge in [0.2, 0.25) is 5.82 Å². The summed E-state index contributed by atoms with van der Waals surface area (Å²) in [6.45, 7) is 4.20. The predicted molar refractivity (Wildman–Crippen MR) is 128 cm³/mol. The van der Waals surface area contributed by atoms with Gasteiger partial charge in [0.05, 0.1) is 6.61 Å². The van der Waals surface area contributed by atoms with Crippen molar-refractivity contribution in [3.05, 3.63) is 70.3 Å². The Hall–Kier alpha value is -2.30.